The Balaban J connectivity index is 1.96. The molecule has 0 unspecified atom stereocenters. The molecule has 2 aromatic heterocycles. The van der Waals surface area contributed by atoms with Crippen molar-refractivity contribution in [3.63, 3.8) is 0 Å². The number of benzene rings is 1. The van der Waals surface area contributed by atoms with Gasteiger partial charge in [-0.25, -0.2) is 4.68 Å². The van der Waals surface area contributed by atoms with Crippen molar-refractivity contribution in [2.45, 2.75) is 18.9 Å². The second-order valence-electron chi connectivity index (χ2n) is 5.75. The predicted octanol–water partition coefficient (Wildman–Crippen LogP) is 5.55. The Labute approximate surface area is 168 Å². The monoisotopic (exact) mass is 453 g/mol. The Kier molecular flexibility index (Phi) is 5.63. The Morgan fingerprint density at radius 2 is 1.83 bits per heavy atom. The largest absolute Gasteiger partial charge is 0.434 e. The molecule has 12 heteroatoms. The lowest BCUT2D eigenvalue weighted by Crippen LogP contribution is -2.26. The number of hydrogen-bond donors (Lipinski definition) is 1. The fourth-order valence-corrected chi connectivity index (χ4v) is 3.53. The number of alkyl halides is 6. The molecule has 1 N–H and O–H groups in total. The molecule has 0 bridgehead atoms. The van der Waals surface area contributed by atoms with Gasteiger partial charge in [-0.05, 0) is 30.3 Å². The van der Waals surface area contributed by atoms with Crippen LogP contribution >= 0.6 is 22.9 Å². The first-order valence-electron chi connectivity index (χ1n) is 7.82. The van der Waals surface area contributed by atoms with Crippen LogP contribution in [-0.4, -0.2) is 15.7 Å². The molecule has 0 radical (unpaired) electrons. The third-order valence-electron chi connectivity index (χ3n) is 3.75. The smallest absolute Gasteiger partial charge is 0.347 e. The average molecular weight is 454 g/mol. The molecule has 1 aromatic carbocycles. The Morgan fingerprint density at radius 3 is 2.41 bits per heavy atom. The summed E-state index contributed by atoms with van der Waals surface area (Å²) < 4.78 is 80.2. The van der Waals surface area contributed by atoms with Gasteiger partial charge >= 0.3 is 12.4 Å². The number of nitrogens with zero attached hydrogens (tertiary/aromatic N) is 2. The molecule has 0 aliphatic heterocycles. The first kappa shape index (κ1) is 21.2. The van der Waals surface area contributed by atoms with Gasteiger partial charge in [0.25, 0.3) is 5.91 Å². The third kappa shape index (κ3) is 4.73. The summed E-state index contributed by atoms with van der Waals surface area (Å²) in [6.45, 7) is -0.0672. The van der Waals surface area contributed by atoms with Crippen molar-refractivity contribution in [1.82, 2.24) is 15.1 Å². The molecule has 1 amide bonds. The second-order valence-corrected chi connectivity index (χ2v) is 7.55. The van der Waals surface area contributed by atoms with E-state index in [0.717, 1.165) is 29.5 Å². The van der Waals surface area contributed by atoms with Gasteiger partial charge in [-0.2, -0.15) is 31.4 Å². The van der Waals surface area contributed by atoms with Crippen LogP contribution in [0, 0.1) is 0 Å². The normalized spacial score (nSPS) is 12.2. The van der Waals surface area contributed by atoms with Crippen molar-refractivity contribution < 1.29 is 31.1 Å². The lowest BCUT2D eigenvalue weighted by molar-refractivity contribution is -0.143. The molecule has 0 aliphatic rings. The number of aromatic nitrogens is 2. The number of nitrogens with one attached hydrogen (secondary N) is 1. The fourth-order valence-electron chi connectivity index (χ4n) is 2.51. The van der Waals surface area contributed by atoms with Gasteiger partial charge in [-0.1, -0.05) is 17.7 Å². The highest BCUT2D eigenvalue weighted by atomic mass is 35.5. The molecule has 0 spiro atoms. The molecule has 2 heterocycles. The standard InChI is InChI=1S/C17H10ClF6N3OS/c18-13-5-4-11(29-13)7-25-15(28)12-8-26-27(14(12)17(22,23)24)10-3-1-2-9(6-10)16(19,20)21/h1-6,8H,7H2,(H,25,28). The summed E-state index contributed by atoms with van der Waals surface area (Å²) in [5, 5.41) is 5.83. The zero-order valence-corrected chi connectivity index (χ0v) is 15.7. The van der Waals surface area contributed by atoms with Crippen LogP contribution in [0.4, 0.5) is 26.3 Å². The number of carbonyl (C=O) groups excluding carboxylic acids is 1. The molecule has 154 valence electrons. The zero-order chi connectivity index (χ0) is 21.4. The van der Waals surface area contributed by atoms with Crippen LogP contribution in [0.15, 0.2) is 42.6 Å². The summed E-state index contributed by atoms with van der Waals surface area (Å²) in [6, 6.07) is 6.41. The lowest BCUT2D eigenvalue weighted by Gasteiger charge is -2.14. The van der Waals surface area contributed by atoms with E-state index in [9.17, 15) is 31.1 Å². The number of amides is 1. The predicted molar refractivity (Wildman–Crippen MR) is 94.1 cm³/mol. The van der Waals surface area contributed by atoms with Crippen molar-refractivity contribution >= 4 is 28.8 Å². The van der Waals surface area contributed by atoms with Crippen LogP contribution in [0.5, 0.6) is 0 Å². The van der Waals surface area contributed by atoms with E-state index in [1.54, 1.807) is 12.1 Å². The van der Waals surface area contributed by atoms with Gasteiger partial charge in [-0.15, -0.1) is 11.3 Å². The molecule has 29 heavy (non-hydrogen) atoms. The van der Waals surface area contributed by atoms with E-state index < -0.39 is 40.8 Å². The van der Waals surface area contributed by atoms with E-state index in [0.29, 0.717) is 21.5 Å². The maximum Gasteiger partial charge on any atom is 0.434 e. The summed E-state index contributed by atoms with van der Waals surface area (Å²) in [4.78, 5) is 12.9. The highest BCUT2D eigenvalue weighted by molar-refractivity contribution is 7.16. The molecule has 3 aromatic rings. The summed E-state index contributed by atoms with van der Waals surface area (Å²) >= 11 is 6.90. The van der Waals surface area contributed by atoms with Gasteiger partial charge in [0.2, 0.25) is 0 Å². The van der Waals surface area contributed by atoms with Crippen molar-refractivity contribution in [2.75, 3.05) is 0 Å². The van der Waals surface area contributed by atoms with E-state index in [2.05, 4.69) is 10.4 Å². The molecule has 0 saturated heterocycles. The second kappa shape index (κ2) is 7.71. The van der Waals surface area contributed by atoms with Crippen LogP contribution in [0.2, 0.25) is 4.34 Å². The maximum absolute atomic E-state index is 13.6. The highest BCUT2D eigenvalue weighted by Crippen LogP contribution is 2.35. The Hall–Kier alpha value is -2.53. The van der Waals surface area contributed by atoms with Crippen LogP contribution in [0.25, 0.3) is 5.69 Å². The Bertz CT molecular complexity index is 1040. The van der Waals surface area contributed by atoms with Crippen molar-refractivity contribution in [2.24, 2.45) is 0 Å². The highest BCUT2D eigenvalue weighted by Gasteiger charge is 2.41. The van der Waals surface area contributed by atoms with Gasteiger partial charge in [0.1, 0.15) is 0 Å². The molecule has 0 atom stereocenters. The van der Waals surface area contributed by atoms with E-state index in [4.69, 9.17) is 11.6 Å². The quantitative estimate of drug-likeness (QED) is 0.526. The SMILES string of the molecule is O=C(NCc1ccc(Cl)s1)c1cnn(-c2cccc(C(F)(F)F)c2)c1C(F)(F)F. The van der Waals surface area contributed by atoms with Crippen molar-refractivity contribution in [1.29, 1.82) is 0 Å². The number of hydrogen-bond acceptors (Lipinski definition) is 3. The van der Waals surface area contributed by atoms with E-state index in [-0.39, 0.29) is 11.2 Å². The van der Waals surface area contributed by atoms with E-state index in [1.807, 2.05) is 0 Å². The topological polar surface area (TPSA) is 46.9 Å². The van der Waals surface area contributed by atoms with Crippen LogP contribution in [0.1, 0.15) is 26.5 Å². The van der Waals surface area contributed by atoms with Crippen molar-refractivity contribution in [3.8, 4) is 5.69 Å². The number of rotatable bonds is 4. The molecule has 3 rings (SSSR count). The number of carbonyl (C=O) groups is 1. The summed E-state index contributed by atoms with van der Waals surface area (Å²) in [7, 11) is 0. The molecule has 0 saturated carbocycles. The van der Waals surface area contributed by atoms with Crippen molar-refractivity contribution in [3.05, 3.63) is 68.6 Å². The van der Waals surface area contributed by atoms with Gasteiger partial charge in [0.15, 0.2) is 5.69 Å². The van der Waals surface area contributed by atoms with Gasteiger partial charge in [0.05, 0.1) is 33.9 Å². The third-order valence-corrected chi connectivity index (χ3v) is 4.98. The van der Waals surface area contributed by atoms with Crippen LogP contribution in [0.3, 0.4) is 0 Å². The van der Waals surface area contributed by atoms with Gasteiger partial charge in [-0.3, -0.25) is 4.79 Å². The van der Waals surface area contributed by atoms with Gasteiger partial charge in [0, 0.05) is 4.88 Å². The van der Waals surface area contributed by atoms with E-state index >= 15 is 0 Å². The van der Waals surface area contributed by atoms with E-state index in [1.165, 1.54) is 0 Å². The minimum Gasteiger partial charge on any atom is -0.347 e. The lowest BCUT2D eigenvalue weighted by atomic mass is 10.1. The Morgan fingerprint density at radius 1 is 1.10 bits per heavy atom. The van der Waals surface area contributed by atoms with Crippen LogP contribution in [-0.2, 0) is 18.9 Å². The summed E-state index contributed by atoms with van der Waals surface area (Å²) in [5.74, 6) is -1.07. The number of halogens is 7. The first-order valence-corrected chi connectivity index (χ1v) is 9.01. The maximum atomic E-state index is 13.6. The first-order chi connectivity index (χ1) is 13.5. The molecular formula is C17H10ClF6N3OS. The number of thiophene rings is 1. The minimum absolute atomic E-state index is 0.0672. The zero-order valence-electron chi connectivity index (χ0n) is 14.1. The molecule has 0 fully saturated rings. The fraction of sp³-hybridized carbons (Fsp3) is 0.176. The average Bonchev–Trinajstić information content (AvgIpc) is 3.25. The van der Waals surface area contributed by atoms with Crippen LogP contribution < -0.4 is 5.32 Å². The summed E-state index contributed by atoms with van der Waals surface area (Å²) in [6.07, 6.45) is -9.12. The minimum atomic E-state index is -5.04. The summed E-state index contributed by atoms with van der Waals surface area (Å²) in [5.41, 5.74) is -3.90. The molecule has 0 aliphatic carbocycles. The molecular weight excluding hydrogens is 444 g/mol. The molecule has 4 nitrogen and oxygen atoms in total. The van der Waals surface area contributed by atoms with Gasteiger partial charge < -0.3 is 5.32 Å².